The lowest BCUT2D eigenvalue weighted by Crippen LogP contribution is -2.33. The fourth-order valence-corrected chi connectivity index (χ4v) is 1.19. The smallest absolute Gasteiger partial charge is 0.225 e. The molecule has 1 heterocycles. The molecule has 0 aromatic carbocycles. The summed E-state index contributed by atoms with van der Waals surface area (Å²) in [5, 5.41) is 2.92. The third kappa shape index (κ3) is 5.04. The SMILES string of the molecule is CC(C)(N)CCC(=O)Nc1cc(Cl)ncn1. The van der Waals surface area contributed by atoms with Crippen LogP contribution in [-0.2, 0) is 4.79 Å². The van der Waals surface area contributed by atoms with Crippen molar-refractivity contribution < 1.29 is 4.79 Å². The molecule has 0 atom stereocenters. The van der Waals surface area contributed by atoms with Gasteiger partial charge in [0.1, 0.15) is 17.3 Å². The first-order valence-corrected chi connectivity index (χ1v) is 5.31. The van der Waals surface area contributed by atoms with Gasteiger partial charge in [-0.2, -0.15) is 0 Å². The lowest BCUT2D eigenvalue weighted by Gasteiger charge is -2.17. The van der Waals surface area contributed by atoms with Crippen LogP contribution in [0, 0.1) is 0 Å². The Bertz CT molecular complexity index is 375. The first kappa shape index (κ1) is 12.9. The Balaban J connectivity index is 2.46. The standard InChI is InChI=1S/C10H15ClN4O/c1-10(2,12)4-3-9(16)15-8-5-7(11)13-6-14-8/h5-6H,3-4,12H2,1-2H3,(H,13,14,15,16). The van der Waals surface area contributed by atoms with Gasteiger partial charge in [0.15, 0.2) is 0 Å². The zero-order valence-corrected chi connectivity index (χ0v) is 10.1. The van der Waals surface area contributed by atoms with Crippen LogP contribution in [0.5, 0.6) is 0 Å². The number of nitrogens with two attached hydrogens (primary N) is 1. The van der Waals surface area contributed by atoms with Crippen LogP contribution in [0.3, 0.4) is 0 Å². The molecule has 1 rings (SSSR count). The summed E-state index contributed by atoms with van der Waals surface area (Å²) in [6.07, 6.45) is 2.26. The molecule has 0 aliphatic rings. The normalized spacial score (nSPS) is 11.2. The van der Waals surface area contributed by atoms with E-state index in [0.29, 0.717) is 23.8 Å². The number of nitrogens with one attached hydrogen (secondary N) is 1. The van der Waals surface area contributed by atoms with Gasteiger partial charge in [-0.3, -0.25) is 4.79 Å². The molecule has 0 fully saturated rings. The fourth-order valence-electron chi connectivity index (χ4n) is 1.04. The number of nitrogens with zero attached hydrogens (tertiary/aromatic N) is 2. The molecule has 16 heavy (non-hydrogen) atoms. The zero-order chi connectivity index (χ0) is 12.2. The summed E-state index contributed by atoms with van der Waals surface area (Å²) in [5.41, 5.74) is 5.43. The van der Waals surface area contributed by atoms with Crippen LogP contribution in [0.25, 0.3) is 0 Å². The Labute approximate surface area is 99.4 Å². The van der Waals surface area contributed by atoms with E-state index in [1.165, 1.54) is 12.4 Å². The van der Waals surface area contributed by atoms with Crippen LogP contribution in [0.2, 0.25) is 5.15 Å². The predicted octanol–water partition coefficient (Wildman–Crippen LogP) is 1.59. The molecule has 0 spiro atoms. The van der Waals surface area contributed by atoms with Crippen molar-refractivity contribution in [2.24, 2.45) is 5.73 Å². The van der Waals surface area contributed by atoms with Crippen LogP contribution in [0.4, 0.5) is 5.82 Å². The number of hydrogen-bond donors (Lipinski definition) is 2. The van der Waals surface area contributed by atoms with Crippen LogP contribution < -0.4 is 11.1 Å². The highest BCUT2D eigenvalue weighted by Crippen LogP contribution is 2.11. The second-order valence-electron chi connectivity index (χ2n) is 4.26. The Morgan fingerprint density at radius 2 is 2.25 bits per heavy atom. The van der Waals surface area contributed by atoms with Gasteiger partial charge in [-0.1, -0.05) is 11.6 Å². The van der Waals surface area contributed by atoms with E-state index >= 15 is 0 Å². The van der Waals surface area contributed by atoms with Crippen LogP contribution in [0.1, 0.15) is 26.7 Å². The number of halogens is 1. The van der Waals surface area contributed by atoms with E-state index in [4.69, 9.17) is 17.3 Å². The van der Waals surface area contributed by atoms with E-state index in [1.54, 1.807) is 0 Å². The molecule has 88 valence electrons. The summed E-state index contributed by atoms with van der Waals surface area (Å²) in [5.74, 6) is 0.271. The highest BCUT2D eigenvalue weighted by Gasteiger charge is 2.13. The molecule has 0 unspecified atom stereocenters. The van der Waals surface area contributed by atoms with E-state index in [0.717, 1.165) is 0 Å². The molecule has 0 saturated carbocycles. The molecule has 3 N–H and O–H groups in total. The molecular formula is C10H15ClN4O. The van der Waals surface area contributed by atoms with Crippen LogP contribution in [-0.4, -0.2) is 21.4 Å². The van der Waals surface area contributed by atoms with Gasteiger partial charge in [-0.05, 0) is 20.3 Å². The molecule has 0 bridgehead atoms. The number of rotatable bonds is 4. The first-order chi connectivity index (χ1) is 7.37. The maximum absolute atomic E-state index is 11.5. The van der Waals surface area contributed by atoms with E-state index < -0.39 is 0 Å². The van der Waals surface area contributed by atoms with Crippen molar-refractivity contribution in [1.82, 2.24) is 9.97 Å². The van der Waals surface area contributed by atoms with Gasteiger partial charge in [-0.25, -0.2) is 9.97 Å². The molecule has 0 aliphatic carbocycles. The second kappa shape index (κ2) is 5.23. The minimum absolute atomic E-state index is 0.131. The Morgan fingerprint density at radius 1 is 1.56 bits per heavy atom. The molecule has 6 heteroatoms. The molecule has 1 amide bonds. The number of carbonyl (C=O) groups is 1. The molecule has 1 aromatic rings. The quantitative estimate of drug-likeness (QED) is 0.786. The minimum Gasteiger partial charge on any atom is -0.326 e. The molecule has 0 aliphatic heterocycles. The number of amides is 1. The monoisotopic (exact) mass is 242 g/mol. The zero-order valence-electron chi connectivity index (χ0n) is 9.33. The summed E-state index contributed by atoms with van der Waals surface area (Å²) >= 11 is 5.66. The lowest BCUT2D eigenvalue weighted by atomic mass is 10.00. The van der Waals surface area contributed by atoms with Crippen LogP contribution in [0.15, 0.2) is 12.4 Å². The topological polar surface area (TPSA) is 80.9 Å². The summed E-state index contributed by atoms with van der Waals surface area (Å²) in [6, 6.07) is 1.49. The van der Waals surface area contributed by atoms with Crippen molar-refractivity contribution >= 4 is 23.3 Å². The largest absolute Gasteiger partial charge is 0.326 e. The van der Waals surface area contributed by atoms with Gasteiger partial charge in [0.05, 0.1) is 0 Å². The van der Waals surface area contributed by atoms with Crippen molar-refractivity contribution in [3.05, 3.63) is 17.5 Å². The van der Waals surface area contributed by atoms with E-state index in [2.05, 4.69) is 15.3 Å². The van der Waals surface area contributed by atoms with Crippen molar-refractivity contribution in [3.8, 4) is 0 Å². The first-order valence-electron chi connectivity index (χ1n) is 4.93. The maximum Gasteiger partial charge on any atom is 0.225 e. The fraction of sp³-hybridized carbons (Fsp3) is 0.500. The van der Waals surface area contributed by atoms with Crippen molar-refractivity contribution in [2.75, 3.05) is 5.32 Å². The lowest BCUT2D eigenvalue weighted by molar-refractivity contribution is -0.116. The summed E-state index contributed by atoms with van der Waals surface area (Å²) in [7, 11) is 0. The minimum atomic E-state index is -0.347. The van der Waals surface area contributed by atoms with Gasteiger partial charge in [-0.15, -0.1) is 0 Å². The number of aromatic nitrogens is 2. The number of hydrogen-bond acceptors (Lipinski definition) is 4. The third-order valence-electron chi connectivity index (χ3n) is 1.90. The predicted molar refractivity (Wildman–Crippen MR) is 63.2 cm³/mol. The van der Waals surface area contributed by atoms with Crippen molar-refractivity contribution in [2.45, 2.75) is 32.2 Å². The van der Waals surface area contributed by atoms with E-state index in [-0.39, 0.29) is 11.4 Å². The summed E-state index contributed by atoms with van der Waals surface area (Å²) in [6.45, 7) is 3.75. The van der Waals surface area contributed by atoms with Gasteiger partial charge < -0.3 is 11.1 Å². The Hall–Kier alpha value is -1.20. The Morgan fingerprint density at radius 3 is 2.81 bits per heavy atom. The maximum atomic E-state index is 11.5. The van der Waals surface area contributed by atoms with Crippen LogP contribution >= 0.6 is 11.6 Å². The third-order valence-corrected chi connectivity index (χ3v) is 2.10. The second-order valence-corrected chi connectivity index (χ2v) is 4.65. The molecule has 1 aromatic heterocycles. The van der Waals surface area contributed by atoms with E-state index in [9.17, 15) is 4.79 Å². The Kier molecular flexibility index (Phi) is 4.20. The number of anilines is 1. The summed E-state index contributed by atoms with van der Waals surface area (Å²) < 4.78 is 0. The van der Waals surface area contributed by atoms with Gasteiger partial charge >= 0.3 is 0 Å². The van der Waals surface area contributed by atoms with Crippen molar-refractivity contribution in [1.29, 1.82) is 0 Å². The van der Waals surface area contributed by atoms with Gasteiger partial charge in [0.25, 0.3) is 0 Å². The molecule has 0 saturated heterocycles. The average molecular weight is 243 g/mol. The van der Waals surface area contributed by atoms with Gasteiger partial charge in [0, 0.05) is 18.0 Å². The number of carbonyl (C=O) groups excluding carboxylic acids is 1. The van der Waals surface area contributed by atoms with E-state index in [1.807, 2.05) is 13.8 Å². The summed E-state index contributed by atoms with van der Waals surface area (Å²) in [4.78, 5) is 19.1. The molecule has 0 radical (unpaired) electrons. The highest BCUT2D eigenvalue weighted by molar-refractivity contribution is 6.29. The van der Waals surface area contributed by atoms with Gasteiger partial charge in [0.2, 0.25) is 5.91 Å². The average Bonchev–Trinajstić information content (AvgIpc) is 2.14. The molecule has 5 nitrogen and oxygen atoms in total. The van der Waals surface area contributed by atoms with Crippen molar-refractivity contribution in [3.63, 3.8) is 0 Å². The molecular weight excluding hydrogens is 228 g/mol. The highest BCUT2D eigenvalue weighted by atomic mass is 35.5.